The SMILES string of the molecule is NC(=O)c1ccc(NCCN2CCOCC2)nn1. The van der Waals surface area contributed by atoms with Gasteiger partial charge in [0.25, 0.3) is 5.91 Å². The molecule has 98 valence electrons. The van der Waals surface area contributed by atoms with E-state index in [1.807, 2.05) is 0 Å². The van der Waals surface area contributed by atoms with Gasteiger partial charge in [0.05, 0.1) is 13.2 Å². The molecule has 18 heavy (non-hydrogen) atoms. The molecule has 1 aliphatic rings. The molecule has 3 N–H and O–H groups in total. The molecule has 0 radical (unpaired) electrons. The number of nitrogens with two attached hydrogens (primary N) is 1. The van der Waals surface area contributed by atoms with Crippen LogP contribution in [0.25, 0.3) is 0 Å². The van der Waals surface area contributed by atoms with Crippen molar-refractivity contribution in [2.45, 2.75) is 0 Å². The van der Waals surface area contributed by atoms with Crippen LogP contribution in [0.4, 0.5) is 5.82 Å². The number of hydrogen-bond donors (Lipinski definition) is 2. The van der Waals surface area contributed by atoms with Crippen molar-refractivity contribution in [3.8, 4) is 0 Å². The van der Waals surface area contributed by atoms with E-state index in [-0.39, 0.29) is 5.69 Å². The van der Waals surface area contributed by atoms with Gasteiger partial charge in [0.1, 0.15) is 5.82 Å². The molecule has 0 unspecified atom stereocenters. The molecule has 1 amide bonds. The number of carbonyl (C=O) groups excluding carboxylic acids is 1. The summed E-state index contributed by atoms with van der Waals surface area (Å²) in [5, 5.41) is 10.8. The van der Waals surface area contributed by atoms with Crippen LogP contribution in [0, 0.1) is 0 Å². The number of hydrogen-bond acceptors (Lipinski definition) is 6. The fourth-order valence-corrected chi connectivity index (χ4v) is 1.72. The molecule has 0 spiro atoms. The summed E-state index contributed by atoms with van der Waals surface area (Å²) in [7, 11) is 0. The number of carbonyl (C=O) groups is 1. The number of ether oxygens (including phenoxy) is 1. The second-order valence-electron chi connectivity index (χ2n) is 4.05. The van der Waals surface area contributed by atoms with Crippen molar-refractivity contribution in [1.29, 1.82) is 0 Å². The molecule has 0 aliphatic carbocycles. The Morgan fingerprint density at radius 3 is 2.78 bits per heavy atom. The largest absolute Gasteiger partial charge is 0.379 e. The van der Waals surface area contributed by atoms with E-state index in [1.165, 1.54) is 0 Å². The topological polar surface area (TPSA) is 93.4 Å². The van der Waals surface area contributed by atoms with Gasteiger partial charge in [-0.25, -0.2) is 0 Å². The van der Waals surface area contributed by atoms with E-state index in [1.54, 1.807) is 12.1 Å². The van der Waals surface area contributed by atoms with Gasteiger partial charge in [0.2, 0.25) is 0 Å². The zero-order valence-corrected chi connectivity index (χ0v) is 10.1. The number of rotatable bonds is 5. The van der Waals surface area contributed by atoms with Gasteiger partial charge >= 0.3 is 0 Å². The minimum Gasteiger partial charge on any atom is -0.379 e. The molecule has 7 heteroatoms. The predicted octanol–water partition coefficient (Wildman–Crippen LogP) is -0.680. The predicted molar refractivity (Wildman–Crippen MR) is 66.3 cm³/mol. The van der Waals surface area contributed by atoms with E-state index in [0.717, 1.165) is 39.4 Å². The smallest absolute Gasteiger partial charge is 0.269 e. The lowest BCUT2D eigenvalue weighted by Crippen LogP contribution is -2.39. The zero-order valence-electron chi connectivity index (χ0n) is 10.1. The first kappa shape index (κ1) is 12.7. The summed E-state index contributed by atoms with van der Waals surface area (Å²) in [5.41, 5.74) is 5.26. The lowest BCUT2D eigenvalue weighted by Gasteiger charge is -2.26. The summed E-state index contributed by atoms with van der Waals surface area (Å²) in [6.07, 6.45) is 0. The van der Waals surface area contributed by atoms with Crippen molar-refractivity contribution in [3.05, 3.63) is 17.8 Å². The lowest BCUT2D eigenvalue weighted by atomic mass is 10.3. The molecule has 7 nitrogen and oxygen atoms in total. The van der Waals surface area contributed by atoms with E-state index in [0.29, 0.717) is 5.82 Å². The Bertz CT molecular complexity index is 389. The minimum absolute atomic E-state index is 0.175. The highest BCUT2D eigenvalue weighted by Gasteiger charge is 2.09. The van der Waals surface area contributed by atoms with Crippen LogP contribution in [-0.2, 0) is 4.74 Å². The molecule has 1 fully saturated rings. The fraction of sp³-hybridized carbons (Fsp3) is 0.545. The summed E-state index contributed by atoms with van der Waals surface area (Å²) >= 11 is 0. The number of nitrogens with zero attached hydrogens (tertiary/aromatic N) is 3. The van der Waals surface area contributed by atoms with Gasteiger partial charge in [-0.15, -0.1) is 10.2 Å². The van der Waals surface area contributed by atoms with Crippen LogP contribution in [0.1, 0.15) is 10.5 Å². The van der Waals surface area contributed by atoms with Crippen molar-refractivity contribution >= 4 is 11.7 Å². The number of amides is 1. The summed E-state index contributed by atoms with van der Waals surface area (Å²) in [4.78, 5) is 13.1. The molecule has 0 bridgehead atoms. The number of primary amides is 1. The Morgan fingerprint density at radius 1 is 1.39 bits per heavy atom. The molecular weight excluding hydrogens is 234 g/mol. The van der Waals surface area contributed by atoms with Crippen molar-refractivity contribution in [2.75, 3.05) is 44.7 Å². The average molecular weight is 251 g/mol. The first-order valence-corrected chi connectivity index (χ1v) is 5.93. The van der Waals surface area contributed by atoms with Crippen molar-refractivity contribution in [1.82, 2.24) is 15.1 Å². The quantitative estimate of drug-likeness (QED) is 0.720. The van der Waals surface area contributed by atoms with E-state index >= 15 is 0 Å². The second kappa shape index (κ2) is 6.27. The normalized spacial score (nSPS) is 16.4. The van der Waals surface area contributed by atoms with Crippen LogP contribution in [0.5, 0.6) is 0 Å². The molecule has 1 saturated heterocycles. The van der Waals surface area contributed by atoms with Gasteiger partial charge in [-0.1, -0.05) is 0 Å². The summed E-state index contributed by atoms with van der Waals surface area (Å²) in [6.45, 7) is 5.25. The molecule has 1 aliphatic heterocycles. The van der Waals surface area contributed by atoms with Crippen LogP contribution in [0.2, 0.25) is 0 Å². The number of anilines is 1. The van der Waals surface area contributed by atoms with Gasteiger partial charge in [-0.2, -0.15) is 0 Å². The zero-order chi connectivity index (χ0) is 12.8. The molecule has 1 aromatic rings. The van der Waals surface area contributed by atoms with Gasteiger partial charge in [-0.3, -0.25) is 9.69 Å². The third kappa shape index (κ3) is 3.64. The first-order chi connectivity index (χ1) is 8.75. The molecular formula is C11H17N5O2. The summed E-state index contributed by atoms with van der Waals surface area (Å²) in [6, 6.07) is 3.26. The van der Waals surface area contributed by atoms with Crippen LogP contribution >= 0.6 is 0 Å². The van der Waals surface area contributed by atoms with Gasteiger partial charge in [-0.05, 0) is 12.1 Å². The molecule has 0 atom stereocenters. The summed E-state index contributed by atoms with van der Waals surface area (Å²) < 4.78 is 5.27. The Labute approximate surface area is 105 Å². The highest BCUT2D eigenvalue weighted by molar-refractivity contribution is 5.90. The Hall–Kier alpha value is -1.73. The maximum atomic E-state index is 10.8. The number of morpholine rings is 1. The first-order valence-electron chi connectivity index (χ1n) is 5.93. The van der Waals surface area contributed by atoms with Crippen LogP contribution in [0.15, 0.2) is 12.1 Å². The van der Waals surface area contributed by atoms with Gasteiger partial charge < -0.3 is 15.8 Å². The third-order valence-corrected chi connectivity index (χ3v) is 2.75. The van der Waals surface area contributed by atoms with E-state index in [4.69, 9.17) is 10.5 Å². The Morgan fingerprint density at radius 2 is 2.17 bits per heavy atom. The molecule has 1 aromatic heterocycles. The fourth-order valence-electron chi connectivity index (χ4n) is 1.72. The van der Waals surface area contributed by atoms with E-state index in [2.05, 4.69) is 20.4 Å². The minimum atomic E-state index is -0.567. The van der Waals surface area contributed by atoms with Crippen molar-refractivity contribution in [2.24, 2.45) is 5.73 Å². The standard InChI is InChI=1S/C11H17N5O2/c12-11(17)9-1-2-10(15-14-9)13-3-4-16-5-7-18-8-6-16/h1-2H,3-8H2,(H2,12,17)(H,13,15). The summed E-state index contributed by atoms with van der Waals surface area (Å²) in [5.74, 6) is 0.0793. The monoisotopic (exact) mass is 251 g/mol. The van der Waals surface area contributed by atoms with Crippen molar-refractivity contribution in [3.63, 3.8) is 0 Å². The molecule has 2 heterocycles. The Kier molecular flexibility index (Phi) is 4.43. The second-order valence-corrected chi connectivity index (χ2v) is 4.05. The number of aromatic nitrogens is 2. The van der Waals surface area contributed by atoms with Crippen molar-refractivity contribution < 1.29 is 9.53 Å². The number of nitrogens with one attached hydrogen (secondary N) is 1. The van der Waals surface area contributed by atoms with Crippen LogP contribution in [-0.4, -0.2) is 60.4 Å². The molecule has 2 rings (SSSR count). The third-order valence-electron chi connectivity index (χ3n) is 2.75. The molecule has 0 aromatic carbocycles. The van der Waals surface area contributed by atoms with E-state index in [9.17, 15) is 4.79 Å². The van der Waals surface area contributed by atoms with Crippen LogP contribution in [0.3, 0.4) is 0 Å². The Balaban J connectivity index is 1.74. The molecule has 0 saturated carbocycles. The highest BCUT2D eigenvalue weighted by atomic mass is 16.5. The van der Waals surface area contributed by atoms with Crippen LogP contribution < -0.4 is 11.1 Å². The average Bonchev–Trinajstić information content (AvgIpc) is 2.40. The highest BCUT2D eigenvalue weighted by Crippen LogP contribution is 2.02. The van der Waals surface area contributed by atoms with Gasteiger partial charge in [0.15, 0.2) is 5.69 Å². The van der Waals surface area contributed by atoms with Gasteiger partial charge in [0, 0.05) is 26.2 Å². The van der Waals surface area contributed by atoms with E-state index < -0.39 is 5.91 Å². The maximum Gasteiger partial charge on any atom is 0.269 e. The lowest BCUT2D eigenvalue weighted by molar-refractivity contribution is 0.0398. The maximum absolute atomic E-state index is 10.8.